The van der Waals surface area contributed by atoms with Gasteiger partial charge >= 0.3 is 5.97 Å². The summed E-state index contributed by atoms with van der Waals surface area (Å²) in [6.45, 7) is 2.92. The lowest BCUT2D eigenvalue weighted by molar-refractivity contribution is -0.138. The SMILES string of the molecule is O=C(O)CC(c1cccnc1)N(Cc1cccc(-c2ccc(N3CCOCC3)c(NC(=O)C3CCC3)c2)c1)C(=O)c1cccnc1. The van der Waals surface area contributed by atoms with Crippen molar-refractivity contribution in [1.29, 1.82) is 0 Å². The number of nitrogens with one attached hydrogen (secondary N) is 1. The lowest BCUT2D eigenvalue weighted by Gasteiger charge is -2.32. The normalized spacial score (nSPS) is 15.4. The molecule has 4 aromatic rings. The molecule has 1 atom stereocenters. The molecule has 2 aromatic heterocycles. The van der Waals surface area contributed by atoms with E-state index >= 15 is 0 Å². The molecule has 10 nitrogen and oxygen atoms in total. The highest BCUT2D eigenvalue weighted by molar-refractivity contribution is 5.97. The zero-order chi connectivity index (χ0) is 31.9. The second kappa shape index (κ2) is 14.3. The molecular weight excluding hydrogens is 582 g/mol. The number of carboxylic acid groups (broad SMARTS) is 1. The Morgan fingerprint density at radius 3 is 2.37 bits per heavy atom. The number of carbonyl (C=O) groups is 3. The fourth-order valence-corrected chi connectivity index (χ4v) is 5.97. The van der Waals surface area contributed by atoms with E-state index in [2.05, 4.69) is 20.2 Å². The van der Waals surface area contributed by atoms with E-state index in [1.54, 1.807) is 47.8 Å². The number of nitrogens with zero attached hydrogens (tertiary/aromatic N) is 4. The van der Waals surface area contributed by atoms with E-state index in [0.29, 0.717) is 24.3 Å². The van der Waals surface area contributed by atoms with Gasteiger partial charge in [0.2, 0.25) is 5.91 Å². The minimum atomic E-state index is -1.02. The first-order valence-electron chi connectivity index (χ1n) is 15.7. The topological polar surface area (TPSA) is 125 Å². The molecule has 10 heteroatoms. The molecule has 6 rings (SSSR count). The molecule has 2 amide bonds. The highest BCUT2D eigenvalue weighted by Gasteiger charge is 2.30. The van der Waals surface area contributed by atoms with Crippen LogP contribution in [0, 0.1) is 5.92 Å². The Morgan fingerprint density at radius 2 is 1.70 bits per heavy atom. The molecule has 3 heterocycles. The number of carbonyl (C=O) groups excluding carboxylic acids is 2. The van der Waals surface area contributed by atoms with E-state index in [-0.39, 0.29) is 30.7 Å². The first kappa shape index (κ1) is 30.9. The summed E-state index contributed by atoms with van der Waals surface area (Å²) in [5.41, 5.74) is 5.39. The molecule has 236 valence electrons. The minimum Gasteiger partial charge on any atom is -0.481 e. The predicted molar refractivity (Wildman–Crippen MR) is 174 cm³/mol. The van der Waals surface area contributed by atoms with Crippen LogP contribution in [0.15, 0.2) is 91.5 Å². The Balaban J connectivity index is 1.34. The molecule has 1 saturated carbocycles. The van der Waals surface area contributed by atoms with Crippen molar-refractivity contribution in [2.24, 2.45) is 5.92 Å². The number of ether oxygens (including phenoxy) is 1. The van der Waals surface area contributed by atoms with Gasteiger partial charge in [0.05, 0.1) is 42.6 Å². The van der Waals surface area contributed by atoms with Gasteiger partial charge in [-0.05, 0) is 71.5 Å². The quantitative estimate of drug-likeness (QED) is 0.223. The van der Waals surface area contributed by atoms with Crippen molar-refractivity contribution in [3.05, 3.63) is 108 Å². The van der Waals surface area contributed by atoms with Gasteiger partial charge in [0.1, 0.15) is 0 Å². The van der Waals surface area contributed by atoms with Crippen LogP contribution in [-0.2, 0) is 20.9 Å². The Bertz CT molecular complexity index is 1670. The number of hydrogen-bond acceptors (Lipinski definition) is 7. The van der Waals surface area contributed by atoms with E-state index in [4.69, 9.17) is 4.74 Å². The number of anilines is 2. The van der Waals surface area contributed by atoms with E-state index in [1.807, 2.05) is 42.5 Å². The maximum Gasteiger partial charge on any atom is 0.305 e. The standard InChI is InChI=1S/C36H37N5O5/c42-34(43)21-33(29-9-3-13-37-22-29)41(36(45)30-10-4-14-38-23-30)24-25-5-1-8-27(19-25)28-11-12-32(40-15-17-46-18-16-40)31(20-28)39-35(44)26-6-2-7-26/h1,3-5,8-14,19-20,22-23,26,33H,2,6-7,15-18,21,24H2,(H,39,44)(H,42,43). The first-order chi connectivity index (χ1) is 22.5. The molecule has 1 saturated heterocycles. The van der Waals surface area contributed by atoms with Gasteiger partial charge in [-0.3, -0.25) is 24.4 Å². The molecule has 1 aliphatic heterocycles. The minimum absolute atomic E-state index is 0.0476. The van der Waals surface area contributed by atoms with Crippen LogP contribution >= 0.6 is 0 Å². The van der Waals surface area contributed by atoms with Crippen molar-refractivity contribution in [1.82, 2.24) is 14.9 Å². The lowest BCUT2D eigenvalue weighted by Crippen LogP contribution is -2.37. The third-order valence-electron chi connectivity index (χ3n) is 8.68. The second-order valence-electron chi connectivity index (χ2n) is 11.7. The van der Waals surface area contributed by atoms with Crippen LogP contribution in [-0.4, -0.2) is 64.1 Å². The highest BCUT2D eigenvalue weighted by Crippen LogP contribution is 2.35. The first-order valence-corrected chi connectivity index (χ1v) is 15.7. The molecule has 0 radical (unpaired) electrons. The summed E-state index contributed by atoms with van der Waals surface area (Å²) < 4.78 is 5.56. The third kappa shape index (κ3) is 7.24. The Labute approximate surface area is 268 Å². The summed E-state index contributed by atoms with van der Waals surface area (Å²) in [6.07, 6.45) is 8.91. The summed E-state index contributed by atoms with van der Waals surface area (Å²) >= 11 is 0. The number of carboxylic acids is 1. The van der Waals surface area contributed by atoms with Crippen molar-refractivity contribution in [3.63, 3.8) is 0 Å². The van der Waals surface area contributed by atoms with Crippen LogP contribution < -0.4 is 10.2 Å². The van der Waals surface area contributed by atoms with Crippen LogP contribution in [0.2, 0.25) is 0 Å². The summed E-state index contributed by atoms with van der Waals surface area (Å²) in [5.74, 6) is -1.25. The molecular formula is C36H37N5O5. The molecule has 2 aromatic carbocycles. The highest BCUT2D eigenvalue weighted by atomic mass is 16.5. The van der Waals surface area contributed by atoms with Crippen LogP contribution in [0.25, 0.3) is 11.1 Å². The van der Waals surface area contributed by atoms with Gasteiger partial charge < -0.3 is 25.0 Å². The van der Waals surface area contributed by atoms with Gasteiger partial charge in [-0.1, -0.05) is 36.8 Å². The maximum absolute atomic E-state index is 13.9. The van der Waals surface area contributed by atoms with E-state index < -0.39 is 12.0 Å². The van der Waals surface area contributed by atoms with Gasteiger partial charge in [0.15, 0.2) is 0 Å². The number of hydrogen-bond donors (Lipinski definition) is 2. The smallest absolute Gasteiger partial charge is 0.305 e. The Hall–Kier alpha value is -5.09. The third-order valence-corrected chi connectivity index (χ3v) is 8.68. The van der Waals surface area contributed by atoms with Crippen LogP contribution in [0.1, 0.15) is 53.2 Å². The second-order valence-corrected chi connectivity index (χ2v) is 11.7. The average molecular weight is 620 g/mol. The molecule has 1 unspecified atom stereocenters. The number of benzene rings is 2. The summed E-state index contributed by atoms with van der Waals surface area (Å²) in [6, 6.07) is 20.1. The number of amides is 2. The molecule has 46 heavy (non-hydrogen) atoms. The zero-order valence-electron chi connectivity index (χ0n) is 25.5. The molecule has 2 aliphatic rings. The Kier molecular flexibility index (Phi) is 9.64. The lowest BCUT2D eigenvalue weighted by atomic mass is 9.85. The number of pyridine rings is 2. The number of aromatic nitrogens is 2. The summed E-state index contributed by atoms with van der Waals surface area (Å²) in [7, 11) is 0. The van der Waals surface area contributed by atoms with Crippen molar-refractivity contribution < 1.29 is 24.2 Å². The average Bonchev–Trinajstić information content (AvgIpc) is 3.06. The molecule has 0 spiro atoms. The monoisotopic (exact) mass is 619 g/mol. The summed E-state index contributed by atoms with van der Waals surface area (Å²) in [4.78, 5) is 51.2. The van der Waals surface area contributed by atoms with Crippen LogP contribution in [0.5, 0.6) is 0 Å². The van der Waals surface area contributed by atoms with Gasteiger partial charge in [-0.2, -0.15) is 0 Å². The van der Waals surface area contributed by atoms with E-state index in [9.17, 15) is 19.5 Å². The van der Waals surface area contributed by atoms with Crippen molar-refractivity contribution in [2.45, 2.75) is 38.3 Å². The van der Waals surface area contributed by atoms with E-state index in [1.165, 1.54) is 6.20 Å². The van der Waals surface area contributed by atoms with Gasteiger partial charge in [0, 0.05) is 50.3 Å². The fraction of sp³-hybridized carbons (Fsp3) is 0.306. The fourth-order valence-electron chi connectivity index (χ4n) is 5.97. The molecule has 0 bridgehead atoms. The van der Waals surface area contributed by atoms with Gasteiger partial charge in [-0.15, -0.1) is 0 Å². The van der Waals surface area contributed by atoms with Gasteiger partial charge in [0.25, 0.3) is 5.91 Å². The zero-order valence-corrected chi connectivity index (χ0v) is 25.5. The number of morpholine rings is 1. The maximum atomic E-state index is 13.9. The van der Waals surface area contributed by atoms with Gasteiger partial charge in [-0.25, -0.2) is 0 Å². The summed E-state index contributed by atoms with van der Waals surface area (Å²) in [5, 5.41) is 13.1. The van der Waals surface area contributed by atoms with Crippen molar-refractivity contribution in [3.8, 4) is 11.1 Å². The number of rotatable bonds is 11. The van der Waals surface area contributed by atoms with Crippen LogP contribution in [0.3, 0.4) is 0 Å². The molecule has 1 aliphatic carbocycles. The van der Waals surface area contributed by atoms with Crippen molar-refractivity contribution >= 4 is 29.2 Å². The predicted octanol–water partition coefficient (Wildman–Crippen LogP) is 5.58. The van der Waals surface area contributed by atoms with E-state index in [0.717, 1.165) is 60.4 Å². The van der Waals surface area contributed by atoms with Crippen LogP contribution in [0.4, 0.5) is 11.4 Å². The molecule has 2 fully saturated rings. The van der Waals surface area contributed by atoms with Crippen molar-refractivity contribution in [2.75, 3.05) is 36.5 Å². The largest absolute Gasteiger partial charge is 0.481 e. The molecule has 2 N–H and O–H groups in total. The number of aliphatic carboxylic acids is 1. The Morgan fingerprint density at radius 1 is 0.935 bits per heavy atom.